The number of esters is 3. The van der Waals surface area contributed by atoms with Crippen LogP contribution < -0.4 is 0 Å². The number of carbonyl (C=O) groups excluding carboxylic acids is 3. The Labute approximate surface area is 313 Å². The van der Waals surface area contributed by atoms with Gasteiger partial charge in [0, 0.05) is 12.8 Å². The van der Waals surface area contributed by atoms with E-state index in [1.807, 2.05) is 6.08 Å². The molecule has 0 N–H and O–H groups in total. The molecule has 0 spiro atoms. The molecule has 0 aromatic heterocycles. The van der Waals surface area contributed by atoms with Gasteiger partial charge in [0.1, 0.15) is 13.2 Å². The van der Waals surface area contributed by atoms with E-state index in [0.29, 0.717) is 12.8 Å². The fourth-order valence-corrected chi connectivity index (χ4v) is 5.45. The average molecular weight is 713 g/mol. The molecule has 0 heterocycles. The third-order valence-corrected chi connectivity index (χ3v) is 8.57. The number of carbonyl (C=O) groups is 3. The summed E-state index contributed by atoms with van der Waals surface area (Å²) in [4.78, 5) is 37.3. The van der Waals surface area contributed by atoms with Crippen molar-refractivity contribution in [3.05, 3.63) is 60.8 Å². The number of ether oxygens (including phenoxy) is 3. The van der Waals surface area contributed by atoms with Gasteiger partial charge in [0.25, 0.3) is 0 Å². The maximum absolute atomic E-state index is 12.6. The zero-order chi connectivity index (χ0) is 37.3. The number of rotatable bonds is 36. The first-order chi connectivity index (χ1) is 25.0. The Morgan fingerprint density at radius 2 is 0.765 bits per heavy atom. The molecule has 51 heavy (non-hydrogen) atoms. The van der Waals surface area contributed by atoms with Gasteiger partial charge in [-0.25, -0.2) is 0 Å². The molecule has 0 bridgehead atoms. The zero-order valence-corrected chi connectivity index (χ0v) is 33.1. The smallest absolute Gasteiger partial charge is 0.309 e. The van der Waals surface area contributed by atoms with Crippen LogP contribution in [-0.4, -0.2) is 37.2 Å². The van der Waals surface area contributed by atoms with Gasteiger partial charge in [0.15, 0.2) is 6.10 Å². The minimum Gasteiger partial charge on any atom is -0.462 e. The van der Waals surface area contributed by atoms with Crippen molar-refractivity contribution in [2.75, 3.05) is 13.2 Å². The Balaban J connectivity index is 4.45. The molecule has 0 aliphatic carbocycles. The highest BCUT2D eigenvalue weighted by Crippen LogP contribution is 2.13. The second kappa shape index (κ2) is 39.9. The minimum absolute atomic E-state index is 0.103. The third-order valence-electron chi connectivity index (χ3n) is 8.57. The zero-order valence-electron chi connectivity index (χ0n) is 33.1. The van der Waals surface area contributed by atoms with Gasteiger partial charge in [0.05, 0.1) is 6.42 Å². The SMILES string of the molecule is CC/C=C\C/C=C\C/C=C\C/C=C\C/C=C\CC(=O)OCC(COC(=O)CCCCCCCC)OC(=O)CCCCCCCCCCCCCC. The molecule has 0 fully saturated rings. The van der Waals surface area contributed by atoms with E-state index < -0.39 is 12.1 Å². The number of hydrogen-bond donors (Lipinski definition) is 0. The van der Waals surface area contributed by atoms with Crippen LogP contribution in [0.15, 0.2) is 60.8 Å². The molecule has 0 amide bonds. The summed E-state index contributed by atoms with van der Waals surface area (Å²) in [6, 6.07) is 0. The third kappa shape index (κ3) is 38.2. The van der Waals surface area contributed by atoms with Crippen molar-refractivity contribution in [3.63, 3.8) is 0 Å². The molecule has 6 heteroatoms. The Hall–Kier alpha value is -2.89. The van der Waals surface area contributed by atoms with Crippen LogP contribution in [0.2, 0.25) is 0 Å². The van der Waals surface area contributed by atoms with Crippen molar-refractivity contribution in [1.82, 2.24) is 0 Å². The van der Waals surface area contributed by atoms with Gasteiger partial charge in [-0.1, -0.05) is 184 Å². The van der Waals surface area contributed by atoms with Crippen molar-refractivity contribution in [1.29, 1.82) is 0 Å². The molecule has 6 nitrogen and oxygen atoms in total. The Morgan fingerprint density at radius 1 is 0.412 bits per heavy atom. The maximum Gasteiger partial charge on any atom is 0.309 e. The molecular formula is C45H76O6. The highest BCUT2D eigenvalue weighted by molar-refractivity contribution is 5.72. The van der Waals surface area contributed by atoms with Gasteiger partial charge >= 0.3 is 17.9 Å². The first kappa shape index (κ1) is 48.1. The van der Waals surface area contributed by atoms with Gasteiger partial charge in [-0.2, -0.15) is 0 Å². The lowest BCUT2D eigenvalue weighted by Gasteiger charge is -2.18. The molecule has 0 aromatic rings. The Kier molecular flexibility index (Phi) is 37.6. The lowest BCUT2D eigenvalue weighted by Crippen LogP contribution is -2.30. The fourth-order valence-electron chi connectivity index (χ4n) is 5.45. The van der Waals surface area contributed by atoms with Crippen molar-refractivity contribution < 1.29 is 28.6 Å². The predicted octanol–water partition coefficient (Wildman–Crippen LogP) is 13.0. The molecule has 292 valence electrons. The average Bonchev–Trinajstić information content (AvgIpc) is 3.13. The van der Waals surface area contributed by atoms with Gasteiger partial charge in [0.2, 0.25) is 0 Å². The van der Waals surface area contributed by atoms with Crippen LogP contribution in [0, 0.1) is 0 Å². The Bertz CT molecular complexity index is 960. The summed E-state index contributed by atoms with van der Waals surface area (Å²) in [5, 5.41) is 0. The van der Waals surface area contributed by atoms with Gasteiger partial charge in [-0.05, 0) is 44.9 Å². The van der Waals surface area contributed by atoms with Crippen molar-refractivity contribution in [2.45, 2.75) is 194 Å². The largest absolute Gasteiger partial charge is 0.462 e. The summed E-state index contributed by atoms with van der Waals surface area (Å²) in [6.07, 6.45) is 46.7. The van der Waals surface area contributed by atoms with E-state index >= 15 is 0 Å². The molecule has 0 aliphatic rings. The van der Waals surface area contributed by atoms with E-state index in [2.05, 4.69) is 69.4 Å². The number of allylic oxidation sites excluding steroid dienone is 9. The van der Waals surface area contributed by atoms with Crippen LogP contribution in [0.1, 0.15) is 188 Å². The van der Waals surface area contributed by atoms with Crippen LogP contribution in [-0.2, 0) is 28.6 Å². The Morgan fingerprint density at radius 3 is 1.20 bits per heavy atom. The van der Waals surface area contributed by atoms with Crippen molar-refractivity contribution in [2.24, 2.45) is 0 Å². The molecule has 0 saturated carbocycles. The van der Waals surface area contributed by atoms with E-state index in [4.69, 9.17) is 14.2 Å². The molecule has 0 aliphatic heterocycles. The van der Waals surface area contributed by atoms with E-state index in [0.717, 1.165) is 70.6 Å². The quantitative estimate of drug-likeness (QED) is 0.0278. The second-order valence-corrected chi connectivity index (χ2v) is 13.5. The lowest BCUT2D eigenvalue weighted by molar-refractivity contribution is -0.166. The van der Waals surface area contributed by atoms with Gasteiger partial charge < -0.3 is 14.2 Å². The second-order valence-electron chi connectivity index (χ2n) is 13.5. The van der Waals surface area contributed by atoms with E-state index in [9.17, 15) is 14.4 Å². The number of unbranched alkanes of at least 4 members (excludes halogenated alkanes) is 16. The van der Waals surface area contributed by atoms with Crippen molar-refractivity contribution in [3.8, 4) is 0 Å². The summed E-state index contributed by atoms with van der Waals surface area (Å²) in [7, 11) is 0. The molecular weight excluding hydrogens is 636 g/mol. The predicted molar refractivity (Wildman–Crippen MR) is 215 cm³/mol. The number of hydrogen-bond acceptors (Lipinski definition) is 6. The van der Waals surface area contributed by atoms with Crippen LogP contribution in [0.5, 0.6) is 0 Å². The van der Waals surface area contributed by atoms with Crippen molar-refractivity contribution >= 4 is 17.9 Å². The normalized spacial score (nSPS) is 12.6. The van der Waals surface area contributed by atoms with Crippen LogP contribution in [0.4, 0.5) is 0 Å². The first-order valence-electron chi connectivity index (χ1n) is 20.8. The molecule has 0 radical (unpaired) electrons. The lowest BCUT2D eigenvalue weighted by atomic mass is 10.0. The van der Waals surface area contributed by atoms with Crippen LogP contribution in [0.25, 0.3) is 0 Å². The summed E-state index contributed by atoms with van der Waals surface area (Å²) >= 11 is 0. The molecule has 0 rings (SSSR count). The minimum atomic E-state index is -0.805. The summed E-state index contributed by atoms with van der Waals surface area (Å²) in [5.74, 6) is -1.05. The van der Waals surface area contributed by atoms with E-state index in [1.54, 1.807) is 6.08 Å². The maximum atomic E-state index is 12.6. The molecule has 1 atom stereocenters. The highest BCUT2D eigenvalue weighted by Gasteiger charge is 2.19. The van der Waals surface area contributed by atoms with Gasteiger partial charge in [-0.3, -0.25) is 14.4 Å². The molecule has 0 saturated heterocycles. The summed E-state index contributed by atoms with van der Waals surface area (Å²) in [5.41, 5.74) is 0. The summed E-state index contributed by atoms with van der Waals surface area (Å²) < 4.78 is 16.5. The van der Waals surface area contributed by atoms with Gasteiger partial charge in [-0.15, -0.1) is 0 Å². The summed E-state index contributed by atoms with van der Waals surface area (Å²) in [6.45, 7) is 6.34. The topological polar surface area (TPSA) is 78.9 Å². The fraction of sp³-hybridized carbons (Fsp3) is 0.711. The van der Waals surface area contributed by atoms with Crippen LogP contribution >= 0.6 is 0 Å². The molecule has 1 unspecified atom stereocenters. The first-order valence-corrected chi connectivity index (χ1v) is 20.8. The monoisotopic (exact) mass is 713 g/mol. The standard InChI is InChI=1S/C45H76O6/c1-4-7-10-13-16-18-20-22-23-24-26-27-29-32-35-38-44(47)50-41-42(40-49-43(46)37-34-31-15-12-9-6-3)51-45(48)39-36-33-30-28-25-21-19-17-14-11-8-5-2/h7,10,16,18,22-23,26-27,32,35,42H,4-6,8-9,11-15,17,19-21,24-25,28-31,33-34,36-41H2,1-3H3/b10-7-,18-16-,23-22-,27-26-,35-32-. The van der Waals surface area contributed by atoms with E-state index in [-0.39, 0.29) is 31.6 Å². The molecule has 0 aromatic carbocycles. The van der Waals surface area contributed by atoms with Crippen LogP contribution in [0.3, 0.4) is 0 Å². The van der Waals surface area contributed by atoms with E-state index in [1.165, 1.54) is 77.0 Å². The highest BCUT2D eigenvalue weighted by atomic mass is 16.6.